The van der Waals surface area contributed by atoms with Crippen LogP contribution in [0.2, 0.25) is 0 Å². The van der Waals surface area contributed by atoms with Gasteiger partial charge in [-0.2, -0.15) is 0 Å². The van der Waals surface area contributed by atoms with E-state index in [1.807, 2.05) is 18.2 Å². The molecule has 0 unspecified atom stereocenters. The van der Waals surface area contributed by atoms with Crippen LogP contribution in [0, 0.1) is 0 Å². The Morgan fingerprint density at radius 1 is 1.00 bits per heavy atom. The average molecular weight is 294 g/mol. The molecule has 1 spiro atoms. The Hall–Kier alpha value is -1.30. The zero-order chi connectivity index (χ0) is 14.9. The van der Waals surface area contributed by atoms with Crippen LogP contribution in [0.5, 0.6) is 11.5 Å². The lowest BCUT2D eigenvalue weighted by atomic mass is 9.76. The Labute approximate surface area is 124 Å². The molecule has 1 saturated carbocycles. The predicted molar refractivity (Wildman–Crippen MR) is 76.5 cm³/mol. The zero-order valence-corrected chi connectivity index (χ0v) is 12.6. The van der Waals surface area contributed by atoms with Crippen molar-refractivity contribution in [2.24, 2.45) is 0 Å². The van der Waals surface area contributed by atoms with E-state index < -0.39 is 11.4 Å². The fourth-order valence-corrected chi connectivity index (χ4v) is 3.28. The van der Waals surface area contributed by atoms with E-state index in [0.29, 0.717) is 50.4 Å². The second-order valence-corrected chi connectivity index (χ2v) is 5.71. The van der Waals surface area contributed by atoms with E-state index in [1.54, 1.807) is 14.2 Å². The summed E-state index contributed by atoms with van der Waals surface area (Å²) in [5.74, 6) is 0.911. The first kappa shape index (κ1) is 14.6. The topological polar surface area (TPSA) is 57.2 Å². The molecule has 1 heterocycles. The van der Waals surface area contributed by atoms with E-state index in [9.17, 15) is 5.11 Å². The van der Waals surface area contributed by atoms with Gasteiger partial charge in [0.1, 0.15) is 11.5 Å². The molecule has 2 aliphatic rings. The van der Waals surface area contributed by atoms with Crippen molar-refractivity contribution in [3.63, 3.8) is 0 Å². The van der Waals surface area contributed by atoms with Crippen molar-refractivity contribution in [1.82, 2.24) is 0 Å². The molecule has 0 atom stereocenters. The minimum Gasteiger partial charge on any atom is -0.497 e. The van der Waals surface area contributed by atoms with Crippen molar-refractivity contribution >= 4 is 0 Å². The fraction of sp³-hybridized carbons (Fsp3) is 0.625. The van der Waals surface area contributed by atoms with E-state index in [2.05, 4.69) is 0 Å². The standard InChI is InChI=1S/C16H22O5/c1-18-12-3-4-14(19-2)13(11-12)15(17)5-7-16(8-6-15)20-9-10-21-16/h3-4,11,17H,5-10H2,1-2H3. The van der Waals surface area contributed by atoms with E-state index in [0.717, 1.165) is 5.56 Å². The molecule has 0 bridgehead atoms. The molecule has 1 aliphatic heterocycles. The SMILES string of the molecule is COc1ccc(OC)c(C2(O)CCC3(CC2)OCCO3)c1. The Morgan fingerprint density at radius 3 is 2.24 bits per heavy atom. The third-order valence-electron chi connectivity index (χ3n) is 4.56. The maximum Gasteiger partial charge on any atom is 0.168 e. The smallest absolute Gasteiger partial charge is 0.168 e. The third kappa shape index (κ3) is 2.61. The number of methoxy groups -OCH3 is 2. The molecule has 1 N–H and O–H groups in total. The molecule has 1 saturated heterocycles. The molecule has 3 rings (SSSR count). The van der Waals surface area contributed by atoms with Crippen molar-refractivity contribution in [3.05, 3.63) is 23.8 Å². The number of benzene rings is 1. The lowest BCUT2D eigenvalue weighted by Crippen LogP contribution is -2.42. The maximum atomic E-state index is 11.1. The highest BCUT2D eigenvalue weighted by Gasteiger charge is 2.47. The minimum atomic E-state index is -0.930. The van der Waals surface area contributed by atoms with Gasteiger partial charge in [-0.3, -0.25) is 0 Å². The molecule has 0 amide bonds. The van der Waals surface area contributed by atoms with Crippen LogP contribution in [-0.2, 0) is 15.1 Å². The zero-order valence-electron chi connectivity index (χ0n) is 12.6. The molecule has 0 radical (unpaired) electrons. The summed E-state index contributed by atoms with van der Waals surface area (Å²) in [5, 5.41) is 11.1. The van der Waals surface area contributed by atoms with Crippen molar-refractivity contribution in [2.45, 2.75) is 37.1 Å². The maximum absolute atomic E-state index is 11.1. The van der Waals surface area contributed by atoms with Gasteiger partial charge < -0.3 is 24.1 Å². The summed E-state index contributed by atoms with van der Waals surface area (Å²) in [6.45, 7) is 1.28. The summed E-state index contributed by atoms with van der Waals surface area (Å²) in [6.07, 6.45) is 2.53. The Kier molecular flexibility index (Phi) is 3.82. The average Bonchev–Trinajstić information content (AvgIpc) is 2.99. The molecule has 21 heavy (non-hydrogen) atoms. The van der Waals surface area contributed by atoms with Gasteiger partial charge in [0, 0.05) is 18.4 Å². The number of rotatable bonds is 3. The monoisotopic (exact) mass is 294 g/mol. The van der Waals surface area contributed by atoms with Crippen molar-refractivity contribution in [2.75, 3.05) is 27.4 Å². The molecule has 5 nitrogen and oxygen atoms in total. The molecular weight excluding hydrogens is 272 g/mol. The Morgan fingerprint density at radius 2 is 1.67 bits per heavy atom. The van der Waals surface area contributed by atoms with Gasteiger partial charge in [-0.15, -0.1) is 0 Å². The highest BCUT2D eigenvalue weighted by molar-refractivity contribution is 5.44. The largest absolute Gasteiger partial charge is 0.497 e. The summed E-state index contributed by atoms with van der Waals surface area (Å²) < 4.78 is 22.1. The fourth-order valence-electron chi connectivity index (χ4n) is 3.28. The summed E-state index contributed by atoms with van der Waals surface area (Å²) in [7, 11) is 3.23. The number of aliphatic hydroxyl groups is 1. The van der Waals surface area contributed by atoms with Crippen molar-refractivity contribution in [1.29, 1.82) is 0 Å². The molecular formula is C16H22O5. The van der Waals surface area contributed by atoms with Gasteiger partial charge in [0.25, 0.3) is 0 Å². The normalized spacial score (nSPS) is 23.2. The number of ether oxygens (including phenoxy) is 4. The van der Waals surface area contributed by atoms with E-state index in [4.69, 9.17) is 18.9 Å². The van der Waals surface area contributed by atoms with Crippen LogP contribution in [0.4, 0.5) is 0 Å². The summed E-state index contributed by atoms with van der Waals surface area (Å²) in [4.78, 5) is 0. The van der Waals surface area contributed by atoms with Gasteiger partial charge in [0.15, 0.2) is 5.79 Å². The van der Waals surface area contributed by atoms with Crippen molar-refractivity contribution < 1.29 is 24.1 Å². The lowest BCUT2D eigenvalue weighted by molar-refractivity contribution is -0.204. The predicted octanol–water partition coefficient (Wildman–Crippen LogP) is 2.21. The molecule has 0 aromatic heterocycles. The van der Waals surface area contributed by atoms with Crippen LogP contribution in [0.3, 0.4) is 0 Å². The molecule has 116 valence electrons. The van der Waals surface area contributed by atoms with Crippen LogP contribution >= 0.6 is 0 Å². The van der Waals surface area contributed by atoms with E-state index >= 15 is 0 Å². The highest BCUT2D eigenvalue weighted by atomic mass is 16.7. The van der Waals surface area contributed by atoms with Gasteiger partial charge in [-0.25, -0.2) is 0 Å². The summed E-state index contributed by atoms with van der Waals surface area (Å²) in [6, 6.07) is 5.52. The molecule has 1 aliphatic carbocycles. The first-order valence-electron chi connectivity index (χ1n) is 7.34. The first-order valence-corrected chi connectivity index (χ1v) is 7.34. The summed E-state index contributed by atoms with van der Waals surface area (Å²) in [5.41, 5.74) is -0.155. The third-order valence-corrected chi connectivity index (χ3v) is 4.56. The van der Waals surface area contributed by atoms with Crippen molar-refractivity contribution in [3.8, 4) is 11.5 Å². The molecule has 2 fully saturated rings. The van der Waals surface area contributed by atoms with Gasteiger partial charge in [0.05, 0.1) is 33.0 Å². The van der Waals surface area contributed by atoms with Crippen LogP contribution < -0.4 is 9.47 Å². The summed E-state index contributed by atoms with van der Waals surface area (Å²) >= 11 is 0. The molecule has 1 aromatic rings. The van der Waals surface area contributed by atoms with Crippen LogP contribution in [0.15, 0.2) is 18.2 Å². The van der Waals surface area contributed by atoms with Crippen LogP contribution in [0.25, 0.3) is 0 Å². The van der Waals surface area contributed by atoms with E-state index in [1.165, 1.54) is 0 Å². The van der Waals surface area contributed by atoms with Gasteiger partial charge in [-0.05, 0) is 31.0 Å². The lowest BCUT2D eigenvalue weighted by Gasteiger charge is -2.41. The number of hydrogen-bond donors (Lipinski definition) is 1. The molecule has 1 aromatic carbocycles. The highest BCUT2D eigenvalue weighted by Crippen LogP contribution is 2.47. The Bertz CT molecular complexity index is 497. The van der Waals surface area contributed by atoms with Gasteiger partial charge in [0.2, 0.25) is 0 Å². The molecule has 5 heteroatoms. The first-order chi connectivity index (χ1) is 10.1. The second kappa shape index (κ2) is 5.48. The van der Waals surface area contributed by atoms with Crippen LogP contribution in [0.1, 0.15) is 31.2 Å². The quantitative estimate of drug-likeness (QED) is 0.926. The second-order valence-electron chi connectivity index (χ2n) is 5.71. The van der Waals surface area contributed by atoms with E-state index in [-0.39, 0.29) is 0 Å². The van der Waals surface area contributed by atoms with Gasteiger partial charge in [-0.1, -0.05) is 0 Å². The van der Waals surface area contributed by atoms with Crippen LogP contribution in [-0.4, -0.2) is 38.3 Å². The van der Waals surface area contributed by atoms with Gasteiger partial charge >= 0.3 is 0 Å². The Balaban J connectivity index is 1.86. The number of hydrogen-bond acceptors (Lipinski definition) is 5. The minimum absolute atomic E-state index is 0.488.